The first-order valence-electron chi connectivity index (χ1n) is 4.90. The molecule has 0 radical (unpaired) electrons. The van der Waals surface area contributed by atoms with Gasteiger partial charge in [0.25, 0.3) is 0 Å². The predicted molar refractivity (Wildman–Crippen MR) is 55.0 cm³/mol. The van der Waals surface area contributed by atoms with Crippen molar-refractivity contribution in [2.75, 3.05) is 26.4 Å². The van der Waals surface area contributed by atoms with E-state index in [9.17, 15) is 4.79 Å². The van der Waals surface area contributed by atoms with Gasteiger partial charge in [0.15, 0.2) is 0 Å². The summed E-state index contributed by atoms with van der Waals surface area (Å²) in [4.78, 5) is 11.3. The van der Waals surface area contributed by atoms with Crippen LogP contribution in [0.4, 0.5) is 0 Å². The molecule has 1 saturated heterocycles. The molecular formula is C10H16N2O3. The van der Waals surface area contributed by atoms with Gasteiger partial charge in [-0.25, -0.2) is 0 Å². The minimum atomic E-state index is -0.639. The summed E-state index contributed by atoms with van der Waals surface area (Å²) in [6.45, 7) is 2.10. The van der Waals surface area contributed by atoms with Crippen LogP contribution in [0.3, 0.4) is 0 Å². The van der Waals surface area contributed by atoms with Gasteiger partial charge in [-0.2, -0.15) is 0 Å². The first-order chi connectivity index (χ1) is 7.24. The summed E-state index contributed by atoms with van der Waals surface area (Å²) in [6, 6.07) is -0.639. The highest BCUT2D eigenvalue weighted by molar-refractivity contribution is 5.81. The Morgan fingerprint density at radius 3 is 3.07 bits per heavy atom. The van der Waals surface area contributed by atoms with Crippen molar-refractivity contribution in [2.45, 2.75) is 18.6 Å². The van der Waals surface area contributed by atoms with Gasteiger partial charge in [0.2, 0.25) is 5.91 Å². The Hall–Kier alpha value is -1.09. The van der Waals surface area contributed by atoms with E-state index in [-0.39, 0.29) is 18.4 Å². The zero-order valence-electron chi connectivity index (χ0n) is 8.57. The molecule has 1 rings (SSSR count). The molecule has 0 spiro atoms. The highest BCUT2D eigenvalue weighted by atomic mass is 16.6. The van der Waals surface area contributed by atoms with Crippen molar-refractivity contribution in [3.63, 3.8) is 0 Å². The fourth-order valence-electron chi connectivity index (χ4n) is 1.22. The Morgan fingerprint density at radius 2 is 2.47 bits per heavy atom. The van der Waals surface area contributed by atoms with Gasteiger partial charge in [0.1, 0.15) is 0 Å². The lowest BCUT2D eigenvalue weighted by molar-refractivity contribution is -0.125. The number of nitrogens with one attached hydrogen (secondary N) is 1. The fourth-order valence-corrected chi connectivity index (χ4v) is 1.22. The monoisotopic (exact) mass is 212 g/mol. The molecule has 2 atom stereocenters. The van der Waals surface area contributed by atoms with Crippen LogP contribution in [-0.2, 0) is 14.3 Å². The molecule has 1 heterocycles. The highest BCUT2D eigenvalue weighted by Gasteiger charge is 2.17. The Bertz CT molecular complexity index is 244. The third-order valence-electron chi connectivity index (χ3n) is 2.06. The van der Waals surface area contributed by atoms with Gasteiger partial charge in [0.05, 0.1) is 32.0 Å². The molecule has 1 fully saturated rings. The van der Waals surface area contributed by atoms with E-state index < -0.39 is 6.04 Å². The Morgan fingerprint density at radius 1 is 1.67 bits per heavy atom. The van der Waals surface area contributed by atoms with Crippen molar-refractivity contribution >= 4 is 5.91 Å². The Balaban J connectivity index is 2.18. The zero-order chi connectivity index (χ0) is 11.1. The summed E-state index contributed by atoms with van der Waals surface area (Å²) < 4.78 is 10.5. The van der Waals surface area contributed by atoms with Crippen molar-refractivity contribution in [1.29, 1.82) is 0 Å². The first-order valence-corrected chi connectivity index (χ1v) is 4.90. The van der Waals surface area contributed by atoms with Crippen molar-refractivity contribution in [1.82, 2.24) is 5.32 Å². The second-order valence-electron chi connectivity index (χ2n) is 3.33. The molecule has 0 aromatic rings. The van der Waals surface area contributed by atoms with E-state index >= 15 is 0 Å². The SMILES string of the molecule is C#CCC(N)C(=O)NCC1COCCO1. The first kappa shape index (κ1) is 12.0. The molecule has 5 nitrogen and oxygen atoms in total. The summed E-state index contributed by atoms with van der Waals surface area (Å²) in [5.74, 6) is 2.10. The van der Waals surface area contributed by atoms with E-state index in [2.05, 4.69) is 11.2 Å². The molecule has 15 heavy (non-hydrogen) atoms. The van der Waals surface area contributed by atoms with Gasteiger partial charge >= 0.3 is 0 Å². The van der Waals surface area contributed by atoms with Crippen LogP contribution in [0.1, 0.15) is 6.42 Å². The summed E-state index contributed by atoms with van der Waals surface area (Å²) >= 11 is 0. The van der Waals surface area contributed by atoms with Crippen LogP contribution in [0.15, 0.2) is 0 Å². The van der Waals surface area contributed by atoms with Gasteiger partial charge in [-0.3, -0.25) is 4.79 Å². The molecule has 84 valence electrons. The van der Waals surface area contributed by atoms with Gasteiger partial charge < -0.3 is 20.5 Å². The summed E-state index contributed by atoms with van der Waals surface area (Å²) in [5, 5.41) is 2.67. The normalized spacial score (nSPS) is 22.8. The molecule has 0 aromatic heterocycles. The maximum absolute atomic E-state index is 11.3. The van der Waals surface area contributed by atoms with E-state index in [0.717, 1.165) is 0 Å². The largest absolute Gasteiger partial charge is 0.376 e. The van der Waals surface area contributed by atoms with Gasteiger partial charge in [-0.05, 0) is 0 Å². The highest BCUT2D eigenvalue weighted by Crippen LogP contribution is 1.99. The molecule has 5 heteroatoms. The molecule has 1 aliphatic rings. The van der Waals surface area contributed by atoms with Crippen LogP contribution >= 0.6 is 0 Å². The number of hydrogen-bond donors (Lipinski definition) is 2. The predicted octanol–water partition coefficient (Wildman–Crippen LogP) is -1.13. The molecule has 0 aliphatic carbocycles. The zero-order valence-corrected chi connectivity index (χ0v) is 8.57. The van der Waals surface area contributed by atoms with Gasteiger partial charge in [-0.1, -0.05) is 0 Å². The maximum Gasteiger partial charge on any atom is 0.237 e. The lowest BCUT2D eigenvalue weighted by Crippen LogP contribution is -2.45. The Labute approximate surface area is 89.3 Å². The number of carbonyl (C=O) groups is 1. The number of nitrogens with two attached hydrogens (primary N) is 1. The van der Waals surface area contributed by atoms with E-state index in [1.54, 1.807) is 0 Å². The van der Waals surface area contributed by atoms with E-state index in [1.807, 2.05) is 0 Å². The average Bonchev–Trinajstić information content (AvgIpc) is 2.27. The lowest BCUT2D eigenvalue weighted by Gasteiger charge is -2.23. The van der Waals surface area contributed by atoms with Crippen LogP contribution in [0.25, 0.3) is 0 Å². The van der Waals surface area contributed by atoms with Crippen LogP contribution in [0.5, 0.6) is 0 Å². The molecule has 1 aliphatic heterocycles. The molecular weight excluding hydrogens is 196 g/mol. The second kappa shape index (κ2) is 6.40. The third-order valence-corrected chi connectivity index (χ3v) is 2.06. The van der Waals surface area contributed by atoms with Crippen molar-refractivity contribution < 1.29 is 14.3 Å². The van der Waals surface area contributed by atoms with Crippen LogP contribution < -0.4 is 11.1 Å². The number of rotatable bonds is 4. The lowest BCUT2D eigenvalue weighted by atomic mass is 10.2. The number of ether oxygens (including phenoxy) is 2. The van der Waals surface area contributed by atoms with E-state index in [0.29, 0.717) is 26.4 Å². The van der Waals surface area contributed by atoms with Crippen molar-refractivity contribution in [3.8, 4) is 12.3 Å². The van der Waals surface area contributed by atoms with Crippen LogP contribution in [0, 0.1) is 12.3 Å². The topological polar surface area (TPSA) is 73.6 Å². The van der Waals surface area contributed by atoms with Crippen LogP contribution in [0.2, 0.25) is 0 Å². The molecule has 0 aromatic carbocycles. The smallest absolute Gasteiger partial charge is 0.237 e. The Kier molecular flexibility index (Phi) is 5.12. The van der Waals surface area contributed by atoms with E-state index in [4.69, 9.17) is 21.6 Å². The minimum absolute atomic E-state index is 0.0827. The quantitative estimate of drug-likeness (QED) is 0.578. The number of carbonyl (C=O) groups excluding carboxylic acids is 1. The van der Waals surface area contributed by atoms with Gasteiger partial charge in [0, 0.05) is 13.0 Å². The van der Waals surface area contributed by atoms with Crippen molar-refractivity contribution in [3.05, 3.63) is 0 Å². The standard InChI is InChI=1S/C10H16N2O3/c1-2-3-9(11)10(13)12-6-8-7-14-4-5-15-8/h1,8-9H,3-7,11H2,(H,12,13). The van der Waals surface area contributed by atoms with Crippen LogP contribution in [-0.4, -0.2) is 44.4 Å². The second-order valence-corrected chi connectivity index (χ2v) is 3.33. The maximum atomic E-state index is 11.3. The molecule has 2 unspecified atom stereocenters. The molecule has 3 N–H and O–H groups in total. The summed E-state index contributed by atoms with van der Waals surface area (Å²) in [5.41, 5.74) is 5.52. The molecule has 1 amide bonds. The minimum Gasteiger partial charge on any atom is -0.376 e. The average molecular weight is 212 g/mol. The van der Waals surface area contributed by atoms with Gasteiger partial charge in [-0.15, -0.1) is 12.3 Å². The summed E-state index contributed by atoms with van der Waals surface area (Å²) in [7, 11) is 0. The third kappa shape index (κ3) is 4.30. The number of terminal acetylenes is 1. The number of amides is 1. The van der Waals surface area contributed by atoms with E-state index in [1.165, 1.54) is 0 Å². The number of hydrogen-bond acceptors (Lipinski definition) is 4. The fraction of sp³-hybridized carbons (Fsp3) is 0.700. The molecule has 0 saturated carbocycles. The van der Waals surface area contributed by atoms with Crippen molar-refractivity contribution in [2.24, 2.45) is 5.73 Å². The summed E-state index contributed by atoms with van der Waals surface area (Å²) in [6.07, 6.45) is 5.21. The molecule has 0 bridgehead atoms.